The normalized spacial score (nSPS) is 30.8. The molecule has 0 saturated carbocycles. The molecule has 0 radical (unpaired) electrons. The molecule has 3 heterocycles. The maximum atomic E-state index is 9.07. The lowest BCUT2D eigenvalue weighted by molar-refractivity contribution is -0.102. The maximum absolute atomic E-state index is 9.07. The topological polar surface area (TPSA) is 94.0 Å². The number of aliphatic imine (C=N–C) groups is 1. The summed E-state index contributed by atoms with van der Waals surface area (Å²) in [5.41, 5.74) is 6.70. The molecule has 2 aliphatic heterocycles. The predicted octanol–water partition coefficient (Wildman–Crippen LogP) is -0.171. The number of fused-ring (bicyclic) bond motifs is 1. The van der Waals surface area contributed by atoms with Gasteiger partial charge in [0.15, 0.2) is 12.5 Å². The zero-order valence-corrected chi connectivity index (χ0v) is 10.0. The molecule has 18 heavy (non-hydrogen) atoms. The fourth-order valence-corrected chi connectivity index (χ4v) is 2.32. The van der Waals surface area contributed by atoms with Crippen LogP contribution in [-0.4, -0.2) is 41.2 Å². The number of nitrogens with zero attached hydrogens (tertiary/aromatic N) is 2. The summed E-state index contributed by atoms with van der Waals surface area (Å²) in [4.78, 5) is 4.12. The average molecular weight is 252 g/mol. The molecule has 0 aliphatic carbocycles. The van der Waals surface area contributed by atoms with Gasteiger partial charge < -0.3 is 30.2 Å². The molecule has 4 N–H and O–H groups in total. The van der Waals surface area contributed by atoms with Crippen LogP contribution in [0.25, 0.3) is 0 Å². The summed E-state index contributed by atoms with van der Waals surface area (Å²) in [5.74, 6) is 1.40. The Balaban J connectivity index is 1.92. The van der Waals surface area contributed by atoms with Crippen LogP contribution >= 0.6 is 0 Å². The molecule has 0 unspecified atom stereocenters. The fourth-order valence-electron chi connectivity index (χ4n) is 2.32. The van der Waals surface area contributed by atoms with E-state index in [2.05, 4.69) is 10.3 Å². The Morgan fingerprint density at radius 1 is 1.61 bits per heavy atom. The van der Waals surface area contributed by atoms with Crippen molar-refractivity contribution in [1.82, 2.24) is 4.57 Å². The maximum Gasteiger partial charge on any atom is 0.183 e. The molecule has 1 saturated heterocycles. The van der Waals surface area contributed by atoms with Gasteiger partial charge in [-0.25, -0.2) is 4.99 Å². The molecular formula is C11H16N4O3. The van der Waals surface area contributed by atoms with Gasteiger partial charge in [0, 0.05) is 6.20 Å². The predicted molar refractivity (Wildman–Crippen MR) is 65.2 cm³/mol. The Hall–Kier alpha value is -1.57. The van der Waals surface area contributed by atoms with Crippen LogP contribution < -0.4 is 11.1 Å². The highest BCUT2D eigenvalue weighted by atomic mass is 16.7. The van der Waals surface area contributed by atoms with Crippen molar-refractivity contribution in [3.8, 4) is 0 Å². The molecule has 1 aromatic heterocycles. The lowest BCUT2D eigenvalue weighted by atomic mass is 10.2. The number of nitrogens with one attached hydrogen (secondary N) is 1. The molecule has 7 nitrogen and oxygen atoms in total. The van der Waals surface area contributed by atoms with Gasteiger partial charge in [-0.15, -0.1) is 0 Å². The third-order valence-corrected chi connectivity index (χ3v) is 3.17. The van der Waals surface area contributed by atoms with Crippen LogP contribution in [0, 0.1) is 0 Å². The summed E-state index contributed by atoms with van der Waals surface area (Å²) in [6.07, 6.45) is 0.901. The monoisotopic (exact) mass is 252 g/mol. The van der Waals surface area contributed by atoms with Gasteiger partial charge in [-0.2, -0.15) is 0 Å². The Morgan fingerprint density at radius 3 is 3.17 bits per heavy atom. The van der Waals surface area contributed by atoms with Crippen LogP contribution in [0.15, 0.2) is 17.3 Å². The first kappa shape index (κ1) is 11.5. The fraction of sp³-hybridized carbons (Fsp3) is 0.545. The molecule has 98 valence electrons. The molecule has 2 aliphatic rings. The second kappa shape index (κ2) is 4.27. The number of hydrogen-bond donors (Lipinski definition) is 3. The lowest BCUT2D eigenvalue weighted by Crippen LogP contribution is -2.25. The quantitative estimate of drug-likeness (QED) is 0.679. The smallest absolute Gasteiger partial charge is 0.183 e. The first-order valence-electron chi connectivity index (χ1n) is 5.87. The first-order chi connectivity index (χ1) is 8.70. The van der Waals surface area contributed by atoms with Gasteiger partial charge in [0.1, 0.15) is 24.4 Å². The van der Waals surface area contributed by atoms with Crippen molar-refractivity contribution in [2.24, 2.45) is 10.7 Å². The van der Waals surface area contributed by atoms with E-state index in [-0.39, 0.29) is 18.9 Å². The summed E-state index contributed by atoms with van der Waals surface area (Å²) in [7, 11) is 0. The number of ether oxygens (including phenoxy) is 2. The average Bonchev–Trinajstić information content (AvgIpc) is 2.93. The standard InChI is InChI=1S/C11H16N4O3/c1-6-11(18-8(4-16)17-6)15-3-2-7-9(12)13-5-14-10(7)15/h2-3,6,8,11,14,16H,4-5H2,1H3,(H2,12,13)/t6-,8-,11+/m1/s1. The second-order valence-corrected chi connectivity index (χ2v) is 4.34. The van der Waals surface area contributed by atoms with Crippen molar-refractivity contribution in [3.05, 3.63) is 17.8 Å². The van der Waals surface area contributed by atoms with Crippen molar-refractivity contribution in [2.75, 3.05) is 18.6 Å². The summed E-state index contributed by atoms with van der Waals surface area (Å²) >= 11 is 0. The number of amidine groups is 1. The van der Waals surface area contributed by atoms with E-state index in [1.54, 1.807) is 0 Å². The third-order valence-electron chi connectivity index (χ3n) is 3.17. The highest BCUT2D eigenvalue weighted by Gasteiger charge is 2.35. The highest BCUT2D eigenvalue weighted by molar-refractivity contribution is 6.03. The molecule has 0 amide bonds. The molecule has 3 rings (SSSR count). The minimum Gasteiger partial charge on any atom is -0.391 e. The van der Waals surface area contributed by atoms with E-state index in [1.807, 2.05) is 23.8 Å². The number of nitrogens with two attached hydrogens (primary N) is 1. The minimum absolute atomic E-state index is 0.138. The molecular weight excluding hydrogens is 236 g/mol. The molecule has 0 spiro atoms. The highest BCUT2D eigenvalue weighted by Crippen LogP contribution is 2.33. The molecule has 7 heteroatoms. The van der Waals surface area contributed by atoms with Gasteiger partial charge in [-0.3, -0.25) is 0 Å². The number of aliphatic hydroxyl groups is 1. The molecule has 1 fully saturated rings. The number of aliphatic hydroxyl groups excluding tert-OH is 1. The van der Waals surface area contributed by atoms with Crippen LogP contribution in [0.5, 0.6) is 0 Å². The zero-order chi connectivity index (χ0) is 12.7. The summed E-state index contributed by atoms with van der Waals surface area (Å²) < 4.78 is 13.0. The van der Waals surface area contributed by atoms with Crippen LogP contribution in [0.3, 0.4) is 0 Å². The van der Waals surface area contributed by atoms with Crippen molar-refractivity contribution in [2.45, 2.75) is 25.5 Å². The van der Waals surface area contributed by atoms with E-state index in [4.69, 9.17) is 20.3 Å². The van der Waals surface area contributed by atoms with Crippen LogP contribution in [0.1, 0.15) is 18.7 Å². The van der Waals surface area contributed by atoms with Gasteiger partial charge >= 0.3 is 0 Å². The largest absolute Gasteiger partial charge is 0.391 e. The van der Waals surface area contributed by atoms with Crippen LogP contribution in [0.4, 0.5) is 5.82 Å². The van der Waals surface area contributed by atoms with E-state index in [1.165, 1.54) is 0 Å². The van der Waals surface area contributed by atoms with E-state index in [9.17, 15) is 0 Å². The van der Waals surface area contributed by atoms with Crippen molar-refractivity contribution < 1.29 is 14.6 Å². The van der Waals surface area contributed by atoms with Gasteiger partial charge in [0.25, 0.3) is 0 Å². The van der Waals surface area contributed by atoms with Gasteiger partial charge in [0.2, 0.25) is 0 Å². The SMILES string of the molecule is C[C@H]1O[C@@H](CO)O[C@@H]1n1ccc2c1NCN=C2N. The van der Waals surface area contributed by atoms with Crippen LogP contribution in [-0.2, 0) is 9.47 Å². The van der Waals surface area contributed by atoms with Gasteiger partial charge in [-0.1, -0.05) is 0 Å². The van der Waals surface area contributed by atoms with Crippen molar-refractivity contribution in [3.63, 3.8) is 0 Å². The summed E-state index contributed by atoms with van der Waals surface area (Å²) in [5, 5.41) is 12.2. The third kappa shape index (κ3) is 1.67. The molecule has 1 aromatic rings. The Morgan fingerprint density at radius 2 is 2.44 bits per heavy atom. The number of aromatic nitrogens is 1. The van der Waals surface area contributed by atoms with E-state index in [0.29, 0.717) is 12.5 Å². The first-order valence-corrected chi connectivity index (χ1v) is 5.87. The molecule has 0 aromatic carbocycles. The summed E-state index contributed by atoms with van der Waals surface area (Å²) in [6.45, 7) is 2.21. The molecule has 0 bridgehead atoms. The number of rotatable bonds is 2. The van der Waals surface area contributed by atoms with Crippen molar-refractivity contribution in [1.29, 1.82) is 0 Å². The number of hydrogen-bond acceptors (Lipinski definition) is 6. The van der Waals surface area contributed by atoms with E-state index in [0.717, 1.165) is 11.4 Å². The van der Waals surface area contributed by atoms with Crippen molar-refractivity contribution >= 4 is 11.7 Å². The van der Waals surface area contributed by atoms with E-state index >= 15 is 0 Å². The van der Waals surface area contributed by atoms with Gasteiger partial charge in [-0.05, 0) is 13.0 Å². The number of anilines is 1. The lowest BCUT2D eigenvalue weighted by Gasteiger charge is -2.21. The minimum atomic E-state index is -0.572. The molecule has 3 atom stereocenters. The van der Waals surface area contributed by atoms with Gasteiger partial charge in [0.05, 0.1) is 12.2 Å². The Kier molecular flexibility index (Phi) is 2.73. The Labute approximate surface area is 104 Å². The second-order valence-electron chi connectivity index (χ2n) is 4.34. The van der Waals surface area contributed by atoms with E-state index < -0.39 is 6.29 Å². The van der Waals surface area contributed by atoms with Crippen LogP contribution in [0.2, 0.25) is 0 Å². The summed E-state index contributed by atoms with van der Waals surface area (Å²) in [6, 6.07) is 1.89. The Bertz CT molecular complexity index is 485. The zero-order valence-electron chi connectivity index (χ0n) is 10.0.